The molecule has 0 amide bonds. The lowest BCUT2D eigenvalue weighted by molar-refractivity contribution is 0.275. The fourth-order valence-corrected chi connectivity index (χ4v) is 1.58. The van der Waals surface area contributed by atoms with Gasteiger partial charge in [-0.2, -0.15) is 0 Å². The molecule has 0 atom stereocenters. The highest BCUT2D eigenvalue weighted by molar-refractivity contribution is 8.13. The largest absolute Gasteiger partial charge is 0.390 e. The van der Waals surface area contributed by atoms with Crippen LogP contribution in [0.4, 0.5) is 0 Å². The molecule has 14 heavy (non-hydrogen) atoms. The van der Waals surface area contributed by atoms with Gasteiger partial charge in [-0.05, 0) is 18.6 Å². The van der Waals surface area contributed by atoms with Gasteiger partial charge in [-0.3, -0.25) is 10.4 Å². The Morgan fingerprint density at radius 3 is 2.86 bits per heavy atom. The Morgan fingerprint density at radius 2 is 2.36 bits per heavy atom. The standard InChI is InChI=1S/C8H11N3OS.ClH/c1-5-6(4-12)11-3-2-7(5)13-8(9)10;/h2-3,12H,4H2,1H3,(H3,9,10);1H. The summed E-state index contributed by atoms with van der Waals surface area (Å²) in [4.78, 5) is 4.86. The molecule has 4 N–H and O–H groups in total. The van der Waals surface area contributed by atoms with Crippen molar-refractivity contribution in [1.82, 2.24) is 4.98 Å². The van der Waals surface area contributed by atoms with Gasteiger partial charge in [-0.1, -0.05) is 11.8 Å². The maximum atomic E-state index is 8.92. The number of pyridine rings is 1. The third-order valence-corrected chi connectivity index (χ3v) is 2.51. The van der Waals surface area contributed by atoms with Crippen LogP contribution < -0.4 is 5.73 Å². The molecule has 0 bridgehead atoms. The zero-order valence-electron chi connectivity index (χ0n) is 7.65. The van der Waals surface area contributed by atoms with Crippen LogP contribution in [-0.4, -0.2) is 15.3 Å². The number of halogens is 1. The lowest BCUT2D eigenvalue weighted by Crippen LogP contribution is -2.04. The summed E-state index contributed by atoms with van der Waals surface area (Å²) in [6.07, 6.45) is 1.60. The fraction of sp³-hybridized carbons (Fsp3) is 0.250. The van der Waals surface area contributed by atoms with Crippen LogP contribution in [-0.2, 0) is 6.61 Å². The number of aliphatic hydroxyl groups excluding tert-OH is 1. The van der Waals surface area contributed by atoms with Crippen LogP contribution in [0.15, 0.2) is 17.2 Å². The molecule has 1 heterocycles. The van der Waals surface area contributed by atoms with E-state index in [9.17, 15) is 0 Å². The number of rotatable bonds is 2. The predicted octanol–water partition coefficient (Wildman–Crippen LogP) is 1.29. The first-order chi connectivity index (χ1) is 6.15. The second-order valence-electron chi connectivity index (χ2n) is 2.51. The first-order valence-electron chi connectivity index (χ1n) is 3.72. The van der Waals surface area contributed by atoms with Gasteiger partial charge in [0, 0.05) is 11.1 Å². The molecule has 0 aliphatic rings. The van der Waals surface area contributed by atoms with Gasteiger partial charge in [0.1, 0.15) is 0 Å². The molecule has 1 aromatic heterocycles. The Morgan fingerprint density at radius 1 is 1.71 bits per heavy atom. The number of hydrogen-bond acceptors (Lipinski definition) is 4. The lowest BCUT2D eigenvalue weighted by Gasteiger charge is -2.06. The maximum absolute atomic E-state index is 8.92. The van der Waals surface area contributed by atoms with Gasteiger partial charge in [0.25, 0.3) is 0 Å². The number of aliphatic hydroxyl groups is 1. The molecular formula is C8H12ClN3OS. The first kappa shape index (κ1) is 13.2. The molecule has 6 heteroatoms. The minimum atomic E-state index is -0.0852. The summed E-state index contributed by atoms with van der Waals surface area (Å²) in [7, 11) is 0. The molecule has 0 fully saturated rings. The van der Waals surface area contributed by atoms with Gasteiger partial charge in [0.15, 0.2) is 5.17 Å². The average molecular weight is 234 g/mol. The number of amidine groups is 1. The molecule has 0 radical (unpaired) electrons. The van der Waals surface area contributed by atoms with Crippen LogP contribution >= 0.6 is 24.2 Å². The molecule has 0 aliphatic heterocycles. The van der Waals surface area contributed by atoms with Gasteiger partial charge in [-0.25, -0.2) is 0 Å². The van der Waals surface area contributed by atoms with Gasteiger partial charge in [0.05, 0.1) is 12.3 Å². The molecule has 4 nitrogen and oxygen atoms in total. The van der Waals surface area contributed by atoms with Crippen molar-refractivity contribution in [3.05, 3.63) is 23.5 Å². The molecule has 0 aromatic carbocycles. The van der Waals surface area contributed by atoms with Crippen LogP contribution in [0.1, 0.15) is 11.3 Å². The number of aromatic nitrogens is 1. The number of nitrogens with zero attached hydrogens (tertiary/aromatic N) is 1. The third-order valence-electron chi connectivity index (χ3n) is 1.63. The van der Waals surface area contributed by atoms with E-state index in [2.05, 4.69) is 4.98 Å². The summed E-state index contributed by atoms with van der Waals surface area (Å²) in [6, 6.07) is 1.78. The van der Waals surface area contributed by atoms with Crippen molar-refractivity contribution in [1.29, 1.82) is 5.41 Å². The molecule has 0 saturated carbocycles. The van der Waals surface area contributed by atoms with Crippen LogP contribution in [0.3, 0.4) is 0 Å². The van der Waals surface area contributed by atoms with Crippen molar-refractivity contribution in [2.75, 3.05) is 0 Å². The summed E-state index contributed by atoms with van der Waals surface area (Å²) < 4.78 is 0. The Bertz CT molecular complexity index is 332. The van der Waals surface area contributed by atoms with E-state index in [1.165, 1.54) is 0 Å². The highest BCUT2D eigenvalue weighted by Gasteiger charge is 2.05. The minimum Gasteiger partial charge on any atom is -0.390 e. The minimum absolute atomic E-state index is 0. The van der Waals surface area contributed by atoms with E-state index in [1.54, 1.807) is 12.3 Å². The topological polar surface area (TPSA) is 83.0 Å². The predicted molar refractivity (Wildman–Crippen MR) is 59.9 cm³/mol. The van der Waals surface area contributed by atoms with E-state index < -0.39 is 0 Å². The van der Waals surface area contributed by atoms with Crippen molar-refractivity contribution >= 4 is 29.3 Å². The summed E-state index contributed by atoms with van der Waals surface area (Å²) in [5.74, 6) is 0. The molecule has 0 saturated heterocycles. The van der Waals surface area contributed by atoms with E-state index in [1.807, 2.05) is 6.92 Å². The molecule has 0 spiro atoms. The Kier molecular flexibility index (Phi) is 5.52. The SMILES string of the molecule is Cc1c(SC(=N)N)ccnc1CO.Cl. The van der Waals surface area contributed by atoms with Crippen molar-refractivity contribution in [2.45, 2.75) is 18.4 Å². The normalized spacial score (nSPS) is 9.29. The van der Waals surface area contributed by atoms with E-state index in [0.717, 1.165) is 22.2 Å². The van der Waals surface area contributed by atoms with Crippen molar-refractivity contribution in [2.24, 2.45) is 5.73 Å². The molecule has 1 rings (SSSR count). The molecule has 78 valence electrons. The molecular weight excluding hydrogens is 222 g/mol. The second kappa shape index (κ2) is 5.85. The number of hydrogen-bond donors (Lipinski definition) is 3. The molecule has 0 aliphatic carbocycles. The number of nitrogens with two attached hydrogens (primary N) is 1. The molecule has 0 unspecified atom stereocenters. The number of nitrogens with one attached hydrogen (secondary N) is 1. The Labute approximate surface area is 92.8 Å². The summed E-state index contributed by atoms with van der Waals surface area (Å²) in [6.45, 7) is 1.77. The first-order valence-corrected chi connectivity index (χ1v) is 4.54. The lowest BCUT2D eigenvalue weighted by atomic mass is 10.2. The van der Waals surface area contributed by atoms with Gasteiger partial charge < -0.3 is 10.8 Å². The van der Waals surface area contributed by atoms with Crippen LogP contribution in [0, 0.1) is 12.3 Å². The van der Waals surface area contributed by atoms with E-state index >= 15 is 0 Å². The summed E-state index contributed by atoms with van der Waals surface area (Å²) in [5, 5.41) is 16.1. The molecule has 1 aromatic rings. The van der Waals surface area contributed by atoms with Crippen LogP contribution in [0.2, 0.25) is 0 Å². The highest BCUT2D eigenvalue weighted by Crippen LogP contribution is 2.22. The maximum Gasteiger partial charge on any atom is 0.155 e. The van der Waals surface area contributed by atoms with E-state index in [4.69, 9.17) is 16.2 Å². The summed E-state index contributed by atoms with van der Waals surface area (Å²) >= 11 is 1.16. The summed E-state index contributed by atoms with van der Waals surface area (Å²) in [5.41, 5.74) is 6.76. The van der Waals surface area contributed by atoms with Crippen molar-refractivity contribution in [3.8, 4) is 0 Å². The second-order valence-corrected chi connectivity index (χ2v) is 3.59. The highest BCUT2D eigenvalue weighted by atomic mass is 35.5. The van der Waals surface area contributed by atoms with Crippen molar-refractivity contribution < 1.29 is 5.11 Å². The quantitative estimate of drug-likeness (QED) is 0.408. The van der Waals surface area contributed by atoms with E-state index in [0.29, 0.717) is 5.69 Å². The van der Waals surface area contributed by atoms with Gasteiger partial charge in [-0.15, -0.1) is 12.4 Å². The smallest absolute Gasteiger partial charge is 0.155 e. The van der Waals surface area contributed by atoms with Crippen LogP contribution in [0.25, 0.3) is 0 Å². The zero-order chi connectivity index (χ0) is 9.84. The average Bonchev–Trinajstić information content (AvgIpc) is 2.08. The van der Waals surface area contributed by atoms with Crippen LogP contribution in [0.5, 0.6) is 0 Å². The fourth-order valence-electron chi connectivity index (χ4n) is 0.947. The van der Waals surface area contributed by atoms with Gasteiger partial charge >= 0.3 is 0 Å². The number of thioether (sulfide) groups is 1. The van der Waals surface area contributed by atoms with Crippen molar-refractivity contribution in [3.63, 3.8) is 0 Å². The third kappa shape index (κ3) is 3.17. The van der Waals surface area contributed by atoms with Gasteiger partial charge in [0.2, 0.25) is 0 Å². The monoisotopic (exact) mass is 233 g/mol. The van der Waals surface area contributed by atoms with E-state index in [-0.39, 0.29) is 24.2 Å². The Balaban J connectivity index is 0.00000169. The Hall–Kier alpha value is -0.780. The zero-order valence-corrected chi connectivity index (χ0v) is 9.28.